The van der Waals surface area contributed by atoms with Crippen LogP contribution in [0.4, 0.5) is 0 Å². The lowest BCUT2D eigenvalue weighted by Crippen LogP contribution is -2.58. The van der Waals surface area contributed by atoms with Crippen LogP contribution >= 0.6 is 0 Å². The smallest absolute Gasteiger partial charge is 0.137 e. The van der Waals surface area contributed by atoms with Gasteiger partial charge in [0.05, 0.1) is 6.10 Å². The molecule has 0 aliphatic heterocycles. The molecule has 0 aromatic heterocycles. The number of Topliss-reactive ketones (excluding diaryl/α,β-unsaturated/α-hetero) is 2. The van der Waals surface area contributed by atoms with Crippen molar-refractivity contribution < 1.29 is 14.7 Å². The van der Waals surface area contributed by atoms with Crippen LogP contribution in [0.25, 0.3) is 0 Å². The SMILES string of the molecule is CC(=O)[C@@H]1CC[C@@H]2[C@@H]3CC[C@@H]4C[C@H](O)CC[C@]4(C)[C@@H]3C(=O)C[C@@]21C. The Hall–Kier alpha value is -0.700. The second-order valence-electron chi connectivity index (χ2n) is 9.85. The van der Waals surface area contributed by atoms with E-state index in [1.165, 1.54) is 0 Å². The molecule has 1 N–H and O–H groups in total. The third kappa shape index (κ3) is 2.12. The largest absolute Gasteiger partial charge is 0.393 e. The summed E-state index contributed by atoms with van der Waals surface area (Å²) in [7, 11) is 0. The number of aliphatic hydroxyl groups is 1. The van der Waals surface area contributed by atoms with Crippen LogP contribution in [0.2, 0.25) is 0 Å². The molecule has 4 rings (SSSR count). The van der Waals surface area contributed by atoms with Crippen LogP contribution < -0.4 is 0 Å². The predicted molar refractivity (Wildman–Crippen MR) is 92.3 cm³/mol. The summed E-state index contributed by atoms with van der Waals surface area (Å²) >= 11 is 0. The molecule has 0 heterocycles. The summed E-state index contributed by atoms with van der Waals surface area (Å²) in [6, 6.07) is 0. The van der Waals surface area contributed by atoms with Gasteiger partial charge in [0.15, 0.2) is 0 Å². The van der Waals surface area contributed by atoms with Gasteiger partial charge in [-0.15, -0.1) is 0 Å². The summed E-state index contributed by atoms with van der Waals surface area (Å²) in [6.45, 7) is 6.28. The molecule has 4 saturated carbocycles. The predicted octanol–water partition coefficient (Wildman–Crippen LogP) is 3.77. The van der Waals surface area contributed by atoms with Gasteiger partial charge in [0, 0.05) is 18.3 Å². The molecule has 0 unspecified atom stereocenters. The lowest BCUT2D eigenvalue weighted by atomic mass is 9.44. The third-order valence-corrected chi connectivity index (χ3v) is 8.81. The van der Waals surface area contributed by atoms with Crippen molar-refractivity contribution in [3.05, 3.63) is 0 Å². The first-order valence-corrected chi connectivity index (χ1v) is 9.98. The highest BCUT2D eigenvalue weighted by atomic mass is 16.3. The molecular weight excluding hydrogens is 300 g/mol. The summed E-state index contributed by atoms with van der Waals surface area (Å²) < 4.78 is 0. The molecule has 3 nitrogen and oxygen atoms in total. The van der Waals surface area contributed by atoms with Gasteiger partial charge in [0.25, 0.3) is 0 Å². The Labute approximate surface area is 145 Å². The topological polar surface area (TPSA) is 54.4 Å². The van der Waals surface area contributed by atoms with Gasteiger partial charge in [-0.05, 0) is 80.5 Å². The molecule has 24 heavy (non-hydrogen) atoms. The average Bonchev–Trinajstić information content (AvgIpc) is 2.84. The summed E-state index contributed by atoms with van der Waals surface area (Å²) in [5.74, 6) is 2.48. The normalized spacial score (nSPS) is 53.9. The second-order valence-corrected chi connectivity index (χ2v) is 9.85. The summed E-state index contributed by atoms with van der Waals surface area (Å²) in [6.07, 6.45) is 7.53. The molecule has 4 aliphatic carbocycles. The molecule has 8 atom stereocenters. The molecule has 0 radical (unpaired) electrons. The van der Waals surface area contributed by atoms with Crippen LogP contribution in [0.3, 0.4) is 0 Å². The zero-order chi connectivity index (χ0) is 17.3. The van der Waals surface area contributed by atoms with E-state index in [9.17, 15) is 14.7 Å². The van der Waals surface area contributed by atoms with E-state index in [-0.39, 0.29) is 34.6 Å². The Morgan fingerprint density at radius 1 is 1.08 bits per heavy atom. The number of carbonyl (C=O) groups excluding carboxylic acids is 2. The van der Waals surface area contributed by atoms with Gasteiger partial charge in [-0.25, -0.2) is 0 Å². The Bertz CT molecular complexity index is 569. The number of ketones is 2. The van der Waals surface area contributed by atoms with Crippen molar-refractivity contribution in [3.8, 4) is 0 Å². The number of hydrogen-bond donors (Lipinski definition) is 1. The van der Waals surface area contributed by atoms with Crippen LogP contribution in [0.1, 0.15) is 72.1 Å². The van der Waals surface area contributed by atoms with Gasteiger partial charge < -0.3 is 5.11 Å². The van der Waals surface area contributed by atoms with E-state index in [1.807, 2.05) is 0 Å². The first kappa shape index (κ1) is 16.8. The molecule has 0 bridgehead atoms. The first-order chi connectivity index (χ1) is 11.3. The quantitative estimate of drug-likeness (QED) is 0.795. The van der Waals surface area contributed by atoms with E-state index in [0.29, 0.717) is 30.0 Å². The van der Waals surface area contributed by atoms with Gasteiger partial charge in [-0.1, -0.05) is 13.8 Å². The fourth-order valence-electron chi connectivity index (χ4n) is 7.72. The van der Waals surface area contributed by atoms with Crippen molar-refractivity contribution in [2.75, 3.05) is 0 Å². The number of hydrogen-bond acceptors (Lipinski definition) is 3. The monoisotopic (exact) mass is 332 g/mol. The molecule has 134 valence electrons. The van der Waals surface area contributed by atoms with Crippen LogP contribution in [0, 0.1) is 40.4 Å². The van der Waals surface area contributed by atoms with Gasteiger partial charge in [-0.3, -0.25) is 9.59 Å². The lowest BCUT2D eigenvalue weighted by Gasteiger charge is -2.59. The molecule has 3 heteroatoms. The molecule has 4 aliphatic rings. The molecule has 0 spiro atoms. The summed E-state index contributed by atoms with van der Waals surface area (Å²) in [4.78, 5) is 25.5. The molecule has 4 fully saturated rings. The maximum Gasteiger partial charge on any atom is 0.137 e. The highest BCUT2D eigenvalue weighted by Crippen LogP contribution is 2.66. The zero-order valence-corrected chi connectivity index (χ0v) is 15.4. The van der Waals surface area contributed by atoms with Crippen molar-refractivity contribution in [1.29, 1.82) is 0 Å². The highest BCUT2D eigenvalue weighted by Gasteiger charge is 2.63. The van der Waals surface area contributed by atoms with Crippen LogP contribution in [0.15, 0.2) is 0 Å². The van der Waals surface area contributed by atoms with E-state index in [1.54, 1.807) is 6.92 Å². The molecule has 0 aromatic carbocycles. The Kier molecular flexibility index (Phi) is 3.77. The number of fused-ring (bicyclic) bond motifs is 5. The van der Waals surface area contributed by atoms with Crippen molar-refractivity contribution in [3.63, 3.8) is 0 Å². The number of rotatable bonds is 1. The molecule has 0 aromatic rings. The molecular formula is C21H32O3. The van der Waals surface area contributed by atoms with Crippen molar-refractivity contribution in [2.24, 2.45) is 40.4 Å². The van der Waals surface area contributed by atoms with E-state index in [0.717, 1.165) is 44.9 Å². The van der Waals surface area contributed by atoms with E-state index >= 15 is 0 Å². The van der Waals surface area contributed by atoms with Crippen LogP contribution in [-0.2, 0) is 9.59 Å². The fourth-order valence-corrected chi connectivity index (χ4v) is 7.72. The van der Waals surface area contributed by atoms with Crippen molar-refractivity contribution in [2.45, 2.75) is 78.2 Å². The zero-order valence-electron chi connectivity index (χ0n) is 15.4. The Morgan fingerprint density at radius 2 is 1.83 bits per heavy atom. The second kappa shape index (κ2) is 5.40. The first-order valence-electron chi connectivity index (χ1n) is 9.98. The Morgan fingerprint density at radius 3 is 2.54 bits per heavy atom. The Balaban J connectivity index is 1.68. The number of aliphatic hydroxyl groups excluding tert-OH is 1. The van der Waals surface area contributed by atoms with Crippen LogP contribution in [0.5, 0.6) is 0 Å². The van der Waals surface area contributed by atoms with Crippen molar-refractivity contribution >= 4 is 11.6 Å². The van der Waals surface area contributed by atoms with Crippen LogP contribution in [-0.4, -0.2) is 22.8 Å². The van der Waals surface area contributed by atoms with E-state index < -0.39 is 0 Å². The minimum Gasteiger partial charge on any atom is -0.393 e. The van der Waals surface area contributed by atoms with E-state index in [2.05, 4.69) is 13.8 Å². The maximum absolute atomic E-state index is 13.3. The number of carbonyl (C=O) groups is 2. The van der Waals surface area contributed by atoms with Gasteiger partial charge >= 0.3 is 0 Å². The third-order valence-electron chi connectivity index (χ3n) is 8.81. The van der Waals surface area contributed by atoms with Gasteiger partial charge in [0.1, 0.15) is 11.6 Å². The van der Waals surface area contributed by atoms with Gasteiger partial charge in [0.2, 0.25) is 0 Å². The van der Waals surface area contributed by atoms with E-state index in [4.69, 9.17) is 0 Å². The maximum atomic E-state index is 13.3. The summed E-state index contributed by atoms with van der Waals surface area (Å²) in [5, 5.41) is 10.1. The van der Waals surface area contributed by atoms with Gasteiger partial charge in [-0.2, -0.15) is 0 Å². The average molecular weight is 332 g/mol. The standard InChI is InChI=1S/C21H32O3/c1-12(22)16-6-7-17-15-5-4-13-10-14(23)8-9-20(13,2)19(15)18(24)11-21(16,17)3/h13-17,19,23H,4-11H2,1-3H3/t13-,14-,15+,16+,17-,19+,20+,21-/m1/s1. The lowest BCUT2D eigenvalue weighted by molar-refractivity contribution is -0.162. The molecule has 0 amide bonds. The minimum absolute atomic E-state index is 0.0782. The minimum atomic E-state index is -0.169. The van der Waals surface area contributed by atoms with Crippen molar-refractivity contribution in [1.82, 2.24) is 0 Å². The molecule has 0 saturated heterocycles. The summed E-state index contributed by atoms with van der Waals surface area (Å²) in [5.41, 5.74) is -0.0175. The highest BCUT2D eigenvalue weighted by molar-refractivity contribution is 5.87. The fraction of sp³-hybridized carbons (Fsp3) is 0.905.